The van der Waals surface area contributed by atoms with Gasteiger partial charge in [-0.1, -0.05) is 30.3 Å². The van der Waals surface area contributed by atoms with Crippen LogP contribution in [-0.4, -0.2) is 5.54 Å². The molecule has 0 atom stereocenters. The van der Waals surface area contributed by atoms with Gasteiger partial charge in [0.15, 0.2) is 0 Å². The maximum Gasteiger partial charge on any atom is 0.214 e. The number of para-hydroxylation sites is 3. The fourth-order valence-corrected chi connectivity index (χ4v) is 2.34. The third-order valence-electron chi connectivity index (χ3n) is 3.25. The first kappa shape index (κ1) is 12.1. The molecule has 0 unspecified atom stereocenters. The lowest BCUT2D eigenvalue weighted by atomic mass is 10.1. The molecule has 2 aromatic carbocycles. The van der Waals surface area contributed by atoms with Gasteiger partial charge >= 0.3 is 0 Å². The topological polar surface area (TPSA) is 6.48 Å². The van der Waals surface area contributed by atoms with Gasteiger partial charge in [0.2, 0.25) is 6.67 Å². The van der Waals surface area contributed by atoms with Crippen LogP contribution >= 0.6 is 0 Å². The first-order valence-electron chi connectivity index (χ1n) is 6.58. The number of benzene rings is 2. The van der Waals surface area contributed by atoms with E-state index in [1.54, 1.807) is 0 Å². The predicted molar refractivity (Wildman–Crippen MR) is 80.5 cm³/mol. The van der Waals surface area contributed by atoms with Crippen LogP contribution < -0.4 is 9.80 Å². The van der Waals surface area contributed by atoms with Crippen molar-refractivity contribution in [2.45, 2.75) is 26.3 Å². The molecule has 0 saturated carbocycles. The first-order chi connectivity index (χ1) is 9.07. The minimum absolute atomic E-state index is 0.0135. The van der Waals surface area contributed by atoms with Crippen LogP contribution in [0, 0.1) is 6.67 Å². The first-order valence-corrected chi connectivity index (χ1v) is 6.58. The van der Waals surface area contributed by atoms with Crippen molar-refractivity contribution in [2.24, 2.45) is 0 Å². The van der Waals surface area contributed by atoms with Gasteiger partial charge in [0.25, 0.3) is 0 Å². The fourth-order valence-electron chi connectivity index (χ4n) is 2.34. The summed E-state index contributed by atoms with van der Waals surface area (Å²) in [5.74, 6) is 0. The average molecular weight is 250 g/mol. The van der Waals surface area contributed by atoms with Gasteiger partial charge in [0.05, 0.1) is 11.4 Å². The number of fused-ring (bicyclic) bond motifs is 1. The van der Waals surface area contributed by atoms with E-state index in [0.29, 0.717) is 0 Å². The zero-order valence-corrected chi connectivity index (χ0v) is 11.6. The molecule has 19 heavy (non-hydrogen) atoms. The van der Waals surface area contributed by atoms with Crippen molar-refractivity contribution >= 4 is 17.1 Å². The second-order valence-corrected chi connectivity index (χ2v) is 5.77. The summed E-state index contributed by atoms with van der Waals surface area (Å²) in [7, 11) is 0. The van der Waals surface area contributed by atoms with E-state index in [1.165, 1.54) is 11.4 Å². The van der Waals surface area contributed by atoms with Crippen molar-refractivity contribution in [2.75, 3.05) is 9.80 Å². The number of anilines is 3. The summed E-state index contributed by atoms with van der Waals surface area (Å²) in [5, 5.41) is 0. The lowest BCUT2D eigenvalue weighted by Crippen LogP contribution is -2.39. The summed E-state index contributed by atoms with van der Waals surface area (Å²) >= 11 is 0. The van der Waals surface area contributed by atoms with Crippen LogP contribution in [0.1, 0.15) is 20.8 Å². The molecule has 0 bridgehead atoms. The molecule has 0 amide bonds. The molecule has 2 heteroatoms. The lowest BCUT2D eigenvalue weighted by molar-refractivity contribution is 0.543. The minimum Gasteiger partial charge on any atom is -0.334 e. The van der Waals surface area contributed by atoms with Crippen LogP contribution in [0.5, 0.6) is 0 Å². The SMILES string of the molecule is CC(C)(C)N1[C]N(c2ccccc2)c2ccccc21. The van der Waals surface area contributed by atoms with Gasteiger partial charge in [-0.15, -0.1) is 0 Å². The van der Waals surface area contributed by atoms with Crippen molar-refractivity contribution < 1.29 is 0 Å². The van der Waals surface area contributed by atoms with Gasteiger partial charge in [0, 0.05) is 11.2 Å². The molecule has 0 N–H and O–H groups in total. The molecule has 1 aliphatic heterocycles. The molecular weight excluding hydrogens is 232 g/mol. The summed E-state index contributed by atoms with van der Waals surface area (Å²) in [6.45, 7) is 10.1. The molecular formula is C17H18N2. The van der Waals surface area contributed by atoms with Gasteiger partial charge in [-0.3, -0.25) is 0 Å². The van der Waals surface area contributed by atoms with E-state index in [2.05, 4.69) is 85.8 Å². The summed E-state index contributed by atoms with van der Waals surface area (Å²) in [4.78, 5) is 4.33. The highest BCUT2D eigenvalue weighted by Gasteiger charge is 2.34. The largest absolute Gasteiger partial charge is 0.334 e. The second kappa shape index (κ2) is 4.30. The Morgan fingerprint density at radius 2 is 1.37 bits per heavy atom. The zero-order valence-electron chi connectivity index (χ0n) is 11.6. The highest BCUT2D eigenvalue weighted by Crippen LogP contribution is 2.45. The van der Waals surface area contributed by atoms with Crippen molar-refractivity contribution in [3.05, 3.63) is 61.3 Å². The quantitative estimate of drug-likeness (QED) is 0.738. The highest BCUT2D eigenvalue weighted by molar-refractivity contribution is 5.85. The summed E-state index contributed by atoms with van der Waals surface area (Å²) in [6.07, 6.45) is 0. The fraction of sp³-hybridized carbons (Fsp3) is 0.235. The number of rotatable bonds is 1. The Bertz CT molecular complexity index is 569. The molecule has 2 radical (unpaired) electrons. The Hall–Kier alpha value is -1.96. The van der Waals surface area contributed by atoms with Crippen molar-refractivity contribution in [3.63, 3.8) is 0 Å². The minimum atomic E-state index is 0.0135. The lowest BCUT2D eigenvalue weighted by Gasteiger charge is -2.32. The van der Waals surface area contributed by atoms with Crippen molar-refractivity contribution in [3.8, 4) is 0 Å². The van der Waals surface area contributed by atoms with Gasteiger partial charge < -0.3 is 9.80 Å². The molecule has 0 spiro atoms. The Labute approximate surface area is 115 Å². The molecule has 2 nitrogen and oxygen atoms in total. The van der Waals surface area contributed by atoms with Crippen LogP contribution in [0.3, 0.4) is 0 Å². The molecule has 0 aromatic heterocycles. The van der Waals surface area contributed by atoms with Crippen LogP contribution in [0.4, 0.5) is 17.1 Å². The van der Waals surface area contributed by atoms with Crippen molar-refractivity contribution in [1.29, 1.82) is 0 Å². The Kier molecular flexibility index (Phi) is 2.74. The maximum atomic E-state index is 3.48. The average Bonchev–Trinajstić information content (AvgIpc) is 2.79. The van der Waals surface area contributed by atoms with Crippen molar-refractivity contribution in [1.82, 2.24) is 0 Å². The summed E-state index contributed by atoms with van der Waals surface area (Å²) < 4.78 is 0. The van der Waals surface area contributed by atoms with Crippen LogP contribution in [0.15, 0.2) is 54.6 Å². The molecule has 3 rings (SSSR count). The van der Waals surface area contributed by atoms with Gasteiger partial charge in [-0.25, -0.2) is 0 Å². The molecule has 0 fully saturated rings. The predicted octanol–water partition coefficient (Wildman–Crippen LogP) is 4.44. The normalized spacial score (nSPS) is 14.7. The molecule has 1 aliphatic rings. The summed E-state index contributed by atoms with van der Waals surface area (Å²) in [6, 6.07) is 18.8. The van der Waals surface area contributed by atoms with Gasteiger partial charge in [-0.05, 0) is 45.0 Å². The smallest absolute Gasteiger partial charge is 0.214 e. The third kappa shape index (κ3) is 2.07. The van der Waals surface area contributed by atoms with E-state index >= 15 is 0 Å². The molecule has 0 aliphatic carbocycles. The van der Waals surface area contributed by atoms with E-state index in [1.807, 2.05) is 6.07 Å². The zero-order chi connectivity index (χ0) is 13.5. The van der Waals surface area contributed by atoms with Crippen LogP contribution in [0.25, 0.3) is 0 Å². The Morgan fingerprint density at radius 3 is 2.00 bits per heavy atom. The van der Waals surface area contributed by atoms with E-state index < -0.39 is 0 Å². The Balaban J connectivity index is 2.07. The van der Waals surface area contributed by atoms with E-state index in [0.717, 1.165) is 5.69 Å². The molecule has 2 aromatic rings. The summed E-state index contributed by atoms with van der Waals surface area (Å²) in [5.41, 5.74) is 3.55. The standard InChI is InChI=1S/C17H18N2/c1-17(2,3)19-13-18(14-9-5-4-6-10-14)15-11-7-8-12-16(15)19/h4-12H,1-3H3. The van der Waals surface area contributed by atoms with Crippen LogP contribution in [0.2, 0.25) is 0 Å². The highest BCUT2D eigenvalue weighted by atomic mass is 15.4. The molecule has 1 heterocycles. The number of hydrogen-bond acceptors (Lipinski definition) is 2. The van der Waals surface area contributed by atoms with E-state index in [9.17, 15) is 0 Å². The molecule has 96 valence electrons. The number of nitrogens with zero attached hydrogens (tertiary/aromatic N) is 2. The van der Waals surface area contributed by atoms with Crippen LogP contribution in [-0.2, 0) is 0 Å². The van der Waals surface area contributed by atoms with Gasteiger partial charge in [-0.2, -0.15) is 0 Å². The van der Waals surface area contributed by atoms with E-state index in [4.69, 9.17) is 0 Å². The molecule has 0 saturated heterocycles. The second-order valence-electron chi connectivity index (χ2n) is 5.77. The van der Waals surface area contributed by atoms with Gasteiger partial charge in [0.1, 0.15) is 0 Å². The Morgan fingerprint density at radius 1 is 0.789 bits per heavy atom. The van der Waals surface area contributed by atoms with E-state index in [-0.39, 0.29) is 5.54 Å². The maximum absolute atomic E-state index is 3.48. The monoisotopic (exact) mass is 250 g/mol. The number of hydrogen-bond donors (Lipinski definition) is 0. The third-order valence-corrected chi connectivity index (χ3v) is 3.25.